The molecule has 2 aliphatic carbocycles. The van der Waals surface area contributed by atoms with E-state index in [2.05, 4.69) is 15.4 Å². The van der Waals surface area contributed by atoms with E-state index >= 15 is 0 Å². The number of nitrogens with one attached hydrogen (secondary N) is 1. The van der Waals surface area contributed by atoms with Crippen LogP contribution in [0.25, 0.3) is 0 Å². The van der Waals surface area contributed by atoms with Gasteiger partial charge >= 0.3 is 6.03 Å². The van der Waals surface area contributed by atoms with Gasteiger partial charge in [0, 0.05) is 38.3 Å². The van der Waals surface area contributed by atoms with Crippen LogP contribution in [0.2, 0.25) is 0 Å². The number of carbonyl (C=O) groups is 1. The predicted octanol–water partition coefficient (Wildman–Crippen LogP) is 2.25. The van der Waals surface area contributed by atoms with E-state index in [4.69, 9.17) is 4.52 Å². The lowest BCUT2D eigenvalue weighted by Gasteiger charge is -2.40. The molecular weight excluding hydrogens is 304 g/mol. The lowest BCUT2D eigenvalue weighted by molar-refractivity contribution is 0.0824. The normalized spacial score (nSPS) is 30.0. The first kappa shape index (κ1) is 15.9. The van der Waals surface area contributed by atoms with Crippen molar-refractivity contribution in [1.29, 1.82) is 0 Å². The van der Waals surface area contributed by atoms with Crippen LogP contribution in [-0.2, 0) is 13.0 Å². The molecule has 6 nitrogen and oxygen atoms in total. The number of hydrogen-bond donors (Lipinski definition) is 1. The number of hydrogen-bond acceptors (Lipinski definition) is 4. The zero-order chi connectivity index (χ0) is 16.5. The first-order valence-corrected chi connectivity index (χ1v) is 9.44. The molecule has 1 aromatic heterocycles. The molecule has 0 aromatic carbocycles. The lowest BCUT2D eigenvalue weighted by Crippen LogP contribution is -2.55. The molecular formula is C18H28N4O2. The molecule has 1 saturated heterocycles. The summed E-state index contributed by atoms with van der Waals surface area (Å²) in [6.45, 7) is 6.15. The van der Waals surface area contributed by atoms with Crippen LogP contribution < -0.4 is 5.32 Å². The van der Waals surface area contributed by atoms with E-state index in [9.17, 15) is 4.79 Å². The summed E-state index contributed by atoms with van der Waals surface area (Å²) in [4.78, 5) is 16.9. The van der Waals surface area contributed by atoms with Crippen molar-refractivity contribution in [3.05, 3.63) is 17.5 Å². The third-order valence-electron chi connectivity index (χ3n) is 6.16. The molecule has 1 aromatic rings. The lowest BCUT2D eigenvalue weighted by atomic mass is 9.93. The molecule has 24 heavy (non-hydrogen) atoms. The first-order chi connectivity index (χ1) is 11.7. The standard InChI is InChI=1S/C18H28N4O2/c1-2-15-11-16(24-20-15)12-19-18(23)22-7-5-21(6-8-22)17-10-13-3-4-14(17)9-13/h11,13-14,17H,2-10,12H2,1H3,(H,19,23). The highest BCUT2D eigenvalue weighted by molar-refractivity contribution is 5.74. The van der Waals surface area contributed by atoms with E-state index < -0.39 is 0 Å². The molecule has 0 radical (unpaired) electrons. The smallest absolute Gasteiger partial charge is 0.317 e. The second-order valence-electron chi connectivity index (χ2n) is 7.56. The molecule has 6 heteroatoms. The van der Waals surface area contributed by atoms with Gasteiger partial charge in [-0.05, 0) is 37.5 Å². The van der Waals surface area contributed by atoms with E-state index in [0.717, 1.165) is 61.9 Å². The third kappa shape index (κ3) is 3.16. The molecule has 3 fully saturated rings. The van der Waals surface area contributed by atoms with E-state index in [1.54, 1.807) is 0 Å². The Bertz CT molecular complexity index is 579. The SMILES string of the molecule is CCc1cc(CNC(=O)N2CCN(C3CC4CCC3C4)CC2)on1. The fourth-order valence-electron chi connectivity index (χ4n) is 4.80. The summed E-state index contributed by atoms with van der Waals surface area (Å²) in [5.41, 5.74) is 0.929. The number of urea groups is 1. The summed E-state index contributed by atoms with van der Waals surface area (Å²) in [6.07, 6.45) is 6.56. The van der Waals surface area contributed by atoms with Gasteiger partial charge in [0.05, 0.1) is 12.2 Å². The molecule has 3 atom stereocenters. The average molecular weight is 332 g/mol. The summed E-state index contributed by atoms with van der Waals surface area (Å²) >= 11 is 0. The van der Waals surface area contributed by atoms with Crippen molar-refractivity contribution >= 4 is 6.03 Å². The van der Waals surface area contributed by atoms with Crippen molar-refractivity contribution in [3.8, 4) is 0 Å². The van der Waals surface area contributed by atoms with Crippen molar-refractivity contribution in [2.24, 2.45) is 11.8 Å². The second kappa shape index (κ2) is 6.75. The maximum atomic E-state index is 12.3. The van der Waals surface area contributed by atoms with Gasteiger partial charge in [-0.15, -0.1) is 0 Å². The Hall–Kier alpha value is -1.56. The number of piperazine rings is 1. The van der Waals surface area contributed by atoms with Crippen LogP contribution in [0.3, 0.4) is 0 Å². The van der Waals surface area contributed by atoms with Crippen LogP contribution in [0, 0.1) is 11.8 Å². The monoisotopic (exact) mass is 332 g/mol. The number of aromatic nitrogens is 1. The number of amides is 2. The summed E-state index contributed by atoms with van der Waals surface area (Å²) in [7, 11) is 0. The molecule has 2 heterocycles. The quantitative estimate of drug-likeness (QED) is 0.919. The van der Waals surface area contributed by atoms with Gasteiger partial charge in [-0.3, -0.25) is 4.90 Å². The Kier molecular flexibility index (Phi) is 4.48. The number of nitrogens with zero attached hydrogens (tertiary/aromatic N) is 3. The Morgan fingerprint density at radius 1 is 1.29 bits per heavy atom. The van der Waals surface area contributed by atoms with Crippen molar-refractivity contribution in [2.75, 3.05) is 26.2 Å². The van der Waals surface area contributed by atoms with Crippen molar-refractivity contribution in [1.82, 2.24) is 20.3 Å². The van der Waals surface area contributed by atoms with Gasteiger partial charge in [-0.1, -0.05) is 18.5 Å². The summed E-state index contributed by atoms with van der Waals surface area (Å²) in [5, 5.41) is 6.90. The molecule has 2 amide bonds. The van der Waals surface area contributed by atoms with E-state index in [0.29, 0.717) is 6.54 Å². The number of carbonyl (C=O) groups excluding carboxylic acids is 1. The Labute approximate surface area is 143 Å². The van der Waals surface area contributed by atoms with Crippen LogP contribution >= 0.6 is 0 Å². The second-order valence-corrected chi connectivity index (χ2v) is 7.56. The highest BCUT2D eigenvalue weighted by Crippen LogP contribution is 2.46. The van der Waals surface area contributed by atoms with Gasteiger partial charge in [0.15, 0.2) is 5.76 Å². The molecule has 3 unspecified atom stereocenters. The van der Waals surface area contributed by atoms with E-state index in [1.807, 2.05) is 17.9 Å². The molecule has 2 saturated carbocycles. The van der Waals surface area contributed by atoms with E-state index in [-0.39, 0.29) is 6.03 Å². The molecule has 1 N–H and O–H groups in total. The number of aryl methyl sites for hydroxylation is 1. The van der Waals surface area contributed by atoms with Gasteiger partial charge < -0.3 is 14.7 Å². The number of fused-ring (bicyclic) bond motifs is 2. The number of rotatable bonds is 4. The largest absolute Gasteiger partial charge is 0.359 e. The minimum absolute atomic E-state index is 0.0111. The molecule has 2 bridgehead atoms. The Morgan fingerprint density at radius 3 is 2.75 bits per heavy atom. The topological polar surface area (TPSA) is 61.6 Å². The first-order valence-electron chi connectivity index (χ1n) is 9.44. The molecule has 1 aliphatic heterocycles. The third-order valence-corrected chi connectivity index (χ3v) is 6.16. The Morgan fingerprint density at radius 2 is 2.12 bits per heavy atom. The van der Waals surface area contributed by atoms with Gasteiger partial charge in [-0.2, -0.15) is 0 Å². The van der Waals surface area contributed by atoms with Crippen LogP contribution in [0.5, 0.6) is 0 Å². The maximum Gasteiger partial charge on any atom is 0.317 e. The Balaban J connectivity index is 1.22. The zero-order valence-electron chi connectivity index (χ0n) is 14.5. The van der Waals surface area contributed by atoms with Gasteiger partial charge in [0.25, 0.3) is 0 Å². The minimum atomic E-state index is 0.0111. The highest BCUT2D eigenvalue weighted by Gasteiger charge is 2.42. The minimum Gasteiger partial charge on any atom is -0.359 e. The summed E-state index contributed by atoms with van der Waals surface area (Å²) < 4.78 is 5.21. The average Bonchev–Trinajstić information content (AvgIpc) is 3.36. The fourth-order valence-corrected chi connectivity index (χ4v) is 4.80. The maximum absolute atomic E-state index is 12.3. The molecule has 4 rings (SSSR count). The van der Waals surface area contributed by atoms with E-state index in [1.165, 1.54) is 25.7 Å². The van der Waals surface area contributed by atoms with Crippen LogP contribution in [-0.4, -0.2) is 53.2 Å². The van der Waals surface area contributed by atoms with Crippen LogP contribution in [0.4, 0.5) is 4.79 Å². The highest BCUT2D eigenvalue weighted by atomic mass is 16.5. The summed E-state index contributed by atoms with van der Waals surface area (Å²) in [5.74, 6) is 2.63. The van der Waals surface area contributed by atoms with Crippen LogP contribution in [0.1, 0.15) is 44.1 Å². The fraction of sp³-hybridized carbons (Fsp3) is 0.778. The van der Waals surface area contributed by atoms with Gasteiger partial charge in [0.1, 0.15) is 0 Å². The summed E-state index contributed by atoms with van der Waals surface area (Å²) in [6, 6.07) is 2.71. The van der Waals surface area contributed by atoms with Crippen LogP contribution in [0.15, 0.2) is 10.6 Å². The predicted molar refractivity (Wildman–Crippen MR) is 90.5 cm³/mol. The zero-order valence-corrected chi connectivity index (χ0v) is 14.5. The van der Waals surface area contributed by atoms with Crippen molar-refractivity contribution < 1.29 is 9.32 Å². The van der Waals surface area contributed by atoms with Crippen molar-refractivity contribution in [3.63, 3.8) is 0 Å². The van der Waals surface area contributed by atoms with Crippen molar-refractivity contribution in [2.45, 2.75) is 51.6 Å². The van der Waals surface area contributed by atoms with Gasteiger partial charge in [0.2, 0.25) is 0 Å². The molecule has 0 spiro atoms. The molecule has 132 valence electrons. The van der Waals surface area contributed by atoms with Gasteiger partial charge in [-0.25, -0.2) is 4.79 Å². The molecule has 3 aliphatic rings.